The van der Waals surface area contributed by atoms with Gasteiger partial charge in [-0.1, -0.05) is 102 Å². The highest BCUT2D eigenvalue weighted by Crippen LogP contribution is 2.64. The van der Waals surface area contributed by atoms with Crippen LogP contribution in [0.25, 0.3) is 0 Å². The van der Waals surface area contributed by atoms with Gasteiger partial charge in [0.25, 0.3) is 5.91 Å². The number of aliphatic carboxylic acids is 1. The highest BCUT2D eigenvalue weighted by molar-refractivity contribution is 8.76. The number of carboxylic acid groups (broad SMARTS) is 1. The Morgan fingerprint density at radius 3 is 1.95 bits per heavy atom. The van der Waals surface area contributed by atoms with Crippen molar-refractivity contribution in [1.29, 1.82) is 0 Å². The van der Waals surface area contributed by atoms with Crippen LogP contribution in [0.5, 0.6) is 0 Å². The normalized spacial score (nSPS) is 27.3. The van der Waals surface area contributed by atoms with E-state index < -0.39 is 131 Å². The number of ether oxygens (including phenoxy) is 8. The molecule has 2 saturated carbocycles. The van der Waals surface area contributed by atoms with E-state index in [0.717, 1.165) is 13.8 Å². The van der Waals surface area contributed by atoms with Gasteiger partial charge in [0.05, 0.1) is 42.4 Å². The van der Waals surface area contributed by atoms with Crippen molar-refractivity contribution in [2.45, 2.75) is 121 Å². The third kappa shape index (κ3) is 12.6. The Morgan fingerprint density at radius 2 is 1.38 bits per heavy atom. The minimum Gasteiger partial charge on any atom is -0.481 e. The van der Waals surface area contributed by atoms with E-state index >= 15 is 9.59 Å². The Balaban J connectivity index is 1.29. The molecule has 1 saturated heterocycles. The molecule has 2 unspecified atom stereocenters. The fourth-order valence-electron chi connectivity index (χ4n) is 11.2. The molecule has 3 aliphatic carbocycles. The van der Waals surface area contributed by atoms with Crippen LogP contribution in [0.15, 0.2) is 102 Å². The standard InChI is InChI=1S/C56H63NO20S2/c1-31-37(74-51(67)45(43(34-16-10-7-11-17-34)57-49(65)35-18-12-8-13-19-35)75-52(68)71-25-27-79-78-26-24-70-41(63)23-22-40(61)62)29-56(69)48(76-50(66)36-20-14-9-15-21-36)46-54(6,38(60)28-39-55(46,30-72-39)77-33(3)59)47(64)44(73-32(2)58)42(31)53(56,4)5/h7-21,37-39,43-46,48,60,69H,22-30H2,1-6H3,(H,57,65)(H,61,62)/t37-,38-,39+,43-,44+,45+,46?,48?,54+,55-,56+/m0/s1. The van der Waals surface area contributed by atoms with E-state index in [1.54, 1.807) is 66.7 Å². The van der Waals surface area contributed by atoms with Gasteiger partial charge in [-0.05, 0) is 54.8 Å². The second-order valence-electron chi connectivity index (χ2n) is 20.3. The Kier molecular flexibility index (Phi) is 19.0. The number of carbonyl (C=O) groups excluding carboxylic acids is 8. The summed E-state index contributed by atoms with van der Waals surface area (Å²) in [5.74, 6) is -8.62. The Morgan fingerprint density at radius 1 is 0.785 bits per heavy atom. The van der Waals surface area contributed by atoms with Crippen LogP contribution >= 0.6 is 21.6 Å². The fraction of sp³-hybridized carbons (Fsp3) is 0.482. The summed E-state index contributed by atoms with van der Waals surface area (Å²) >= 11 is 0. The van der Waals surface area contributed by atoms with Crippen LogP contribution in [0.3, 0.4) is 0 Å². The quantitative estimate of drug-likeness (QED) is 0.0327. The molecule has 0 aromatic heterocycles. The zero-order valence-corrected chi connectivity index (χ0v) is 45.9. The van der Waals surface area contributed by atoms with Crippen molar-refractivity contribution in [1.82, 2.24) is 5.32 Å². The molecule has 3 aromatic rings. The molecule has 3 aromatic carbocycles. The lowest BCUT2D eigenvalue weighted by atomic mass is 9.44. The average molecular weight is 1130 g/mol. The smallest absolute Gasteiger partial charge is 0.481 e. The Hall–Kier alpha value is -6.79. The number of nitrogens with one attached hydrogen (secondary N) is 1. The van der Waals surface area contributed by atoms with Crippen LogP contribution in [0, 0.1) is 16.7 Å². The highest BCUT2D eigenvalue weighted by Gasteiger charge is 2.78. The number of carbonyl (C=O) groups is 9. The number of ketones is 1. The van der Waals surface area contributed by atoms with Crippen LogP contribution in [0.4, 0.5) is 4.79 Å². The van der Waals surface area contributed by atoms with Gasteiger partial charge in [0.15, 0.2) is 17.5 Å². The molecule has 11 atom stereocenters. The molecule has 424 valence electrons. The van der Waals surface area contributed by atoms with E-state index in [-0.39, 0.29) is 72.7 Å². The van der Waals surface area contributed by atoms with Gasteiger partial charge in [-0.2, -0.15) is 0 Å². The van der Waals surface area contributed by atoms with Crippen molar-refractivity contribution in [3.8, 4) is 0 Å². The maximum absolute atomic E-state index is 15.8. The summed E-state index contributed by atoms with van der Waals surface area (Å²) in [6.45, 7) is 7.44. The van der Waals surface area contributed by atoms with E-state index in [1.807, 2.05) is 0 Å². The lowest BCUT2D eigenvalue weighted by Gasteiger charge is -2.67. The first-order valence-corrected chi connectivity index (χ1v) is 27.9. The predicted molar refractivity (Wildman–Crippen MR) is 281 cm³/mol. The first-order chi connectivity index (χ1) is 37.5. The Bertz CT molecular complexity index is 2810. The largest absolute Gasteiger partial charge is 0.509 e. The van der Waals surface area contributed by atoms with Crippen molar-refractivity contribution < 1.29 is 96.4 Å². The number of rotatable bonds is 21. The first-order valence-electron chi connectivity index (χ1n) is 25.4. The molecule has 7 rings (SSSR count). The molecular formula is C56H63NO20S2. The zero-order chi connectivity index (χ0) is 57.5. The second-order valence-corrected chi connectivity index (χ2v) is 23.0. The molecule has 1 aliphatic heterocycles. The molecule has 4 aliphatic rings. The maximum atomic E-state index is 15.8. The van der Waals surface area contributed by atoms with Gasteiger partial charge in [0, 0.05) is 49.2 Å². The monoisotopic (exact) mass is 1130 g/mol. The lowest BCUT2D eigenvalue weighted by Crippen LogP contribution is -2.82. The Labute approximate surface area is 463 Å². The summed E-state index contributed by atoms with van der Waals surface area (Å²) in [6, 6.07) is 22.2. The van der Waals surface area contributed by atoms with Crippen molar-refractivity contribution in [2.24, 2.45) is 16.7 Å². The van der Waals surface area contributed by atoms with Crippen molar-refractivity contribution in [3.05, 3.63) is 119 Å². The minimum absolute atomic E-state index is 0.00177. The molecular weight excluding hydrogens is 1070 g/mol. The van der Waals surface area contributed by atoms with Gasteiger partial charge in [-0.25, -0.2) is 14.4 Å². The molecule has 23 heteroatoms. The number of amides is 1. The summed E-state index contributed by atoms with van der Waals surface area (Å²) in [5, 5.41) is 37.8. The lowest BCUT2D eigenvalue weighted by molar-refractivity contribution is -0.346. The van der Waals surface area contributed by atoms with Crippen LogP contribution in [0.2, 0.25) is 0 Å². The summed E-state index contributed by atoms with van der Waals surface area (Å²) in [4.78, 5) is 122. The molecule has 21 nitrogen and oxygen atoms in total. The molecule has 0 spiro atoms. The highest BCUT2D eigenvalue weighted by atomic mass is 33.1. The van der Waals surface area contributed by atoms with Gasteiger partial charge >= 0.3 is 42.0 Å². The van der Waals surface area contributed by atoms with E-state index in [4.69, 9.17) is 43.0 Å². The number of hydrogen-bond acceptors (Lipinski definition) is 21. The van der Waals surface area contributed by atoms with E-state index in [9.17, 15) is 43.8 Å². The van der Waals surface area contributed by atoms with Gasteiger partial charge < -0.3 is 58.5 Å². The first kappa shape index (κ1) is 59.9. The third-order valence-corrected chi connectivity index (χ3v) is 17.5. The van der Waals surface area contributed by atoms with Crippen LogP contribution in [-0.4, -0.2) is 148 Å². The number of fused-ring (bicyclic) bond motifs is 5. The number of esters is 5. The number of aliphatic hydroxyl groups is 2. The number of Topliss-reactive ketones (excluding diaryl/α,β-unsaturated/α-hetero) is 1. The fourth-order valence-corrected chi connectivity index (χ4v) is 12.8. The molecule has 2 bridgehead atoms. The third-order valence-electron chi connectivity index (χ3n) is 15.1. The van der Waals surface area contributed by atoms with E-state index in [2.05, 4.69) is 5.32 Å². The summed E-state index contributed by atoms with van der Waals surface area (Å²) < 4.78 is 47.1. The average Bonchev–Trinajstić information content (AvgIpc) is 3.29. The molecule has 1 heterocycles. The van der Waals surface area contributed by atoms with Crippen molar-refractivity contribution >= 4 is 75.2 Å². The molecule has 1 amide bonds. The minimum atomic E-state index is -2.51. The van der Waals surface area contributed by atoms with Gasteiger partial charge in [0.1, 0.15) is 43.2 Å². The van der Waals surface area contributed by atoms with Gasteiger partial charge in [-0.3, -0.25) is 28.8 Å². The second kappa shape index (κ2) is 25.1. The van der Waals surface area contributed by atoms with E-state index in [0.29, 0.717) is 5.75 Å². The predicted octanol–water partition coefficient (Wildman–Crippen LogP) is 5.69. The summed E-state index contributed by atoms with van der Waals surface area (Å²) in [7, 11) is 2.51. The van der Waals surface area contributed by atoms with Crippen LogP contribution in [-0.2, 0) is 66.7 Å². The van der Waals surface area contributed by atoms with Gasteiger partial charge in [-0.15, -0.1) is 0 Å². The van der Waals surface area contributed by atoms with Gasteiger partial charge in [0.2, 0.25) is 6.10 Å². The number of hydrogen-bond donors (Lipinski definition) is 4. The van der Waals surface area contributed by atoms with E-state index in [1.165, 1.54) is 73.5 Å². The molecule has 79 heavy (non-hydrogen) atoms. The number of benzene rings is 3. The molecule has 3 fully saturated rings. The molecule has 4 N–H and O–H groups in total. The van der Waals surface area contributed by atoms with Crippen molar-refractivity contribution in [2.75, 3.05) is 31.3 Å². The maximum Gasteiger partial charge on any atom is 0.509 e. The topological polar surface area (TPSA) is 300 Å². The van der Waals surface area contributed by atoms with Crippen LogP contribution < -0.4 is 5.32 Å². The number of aliphatic hydroxyl groups excluding tert-OH is 1. The number of carboxylic acids is 1. The molecule has 0 radical (unpaired) electrons. The van der Waals surface area contributed by atoms with Crippen molar-refractivity contribution in [3.63, 3.8) is 0 Å². The zero-order valence-electron chi connectivity index (χ0n) is 44.2. The summed E-state index contributed by atoms with van der Waals surface area (Å²) in [5.41, 5.74) is -7.83. The SMILES string of the molecule is CC(=O)O[C@H]1C(=O)[C@@]2(C)C(C(OC(=O)c3ccccc3)[C@]3(O)C[C@H](OC(=O)[C@H](OC(=O)OCCSSCCOC(=O)CCC(=O)O)[C@@H](NC(=O)c4ccccc4)c4ccccc4)C(C)=C1C3(C)C)[C@]1(OC(C)=O)CO[C@@H]1C[C@@H]2O. The summed E-state index contributed by atoms with van der Waals surface area (Å²) in [6.07, 6.45) is -13.2. The van der Waals surface area contributed by atoms with Crippen LogP contribution in [0.1, 0.15) is 99.5 Å².